The molecule has 1 aliphatic rings. The number of halogens is 3. The fourth-order valence-corrected chi connectivity index (χ4v) is 2.84. The first-order valence-corrected chi connectivity index (χ1v) is 8.15. The number of carbonyl (C=O) groups excluding carboxylic acids is 1. The van der Waals surface area contributed by atoms with E-state index in [-0.39, 0.29) is 31.9 Å². The molecule has 3 rings (SSSR count). The monoisotopic (exact) mass is 382 g/mol. The molecule has 0 spiro atoms. The smallest absolute Gasteiger partial charge is 0.267 e. The fourth-order valence-electron chi connectivity index (χ4n) is 2.84. The lowest BCUT2D eigenvalue weighted by atomic mass is 10.1. The van der Waals surface area contributed by atoms with Crippen molar-refractivity contribution < 1.29 is 18.3 Å². The Balaban J connectivity index is 0.00000243. The molecule has 1 fully saturated rings. The number of hydrogen-bond acceptors (Lipinski definition) is 3. The van der Waals surface area contributed by atoms with Crippen LogP contribution in [0.2, 0.25) is 0 Å². The van der Waals surface area contributed by atoms with Crippen molar-refractivity contribution in [2.24, 2.45) is 5.73 Å². The van der Waals surface area contributed by atoms with Gasteiger partial charge < -0.3 is 15.4 Å². The van der Waals surface area contributed by atoms with E-state index >= 15 is 0 Å². The van der Waals surface area contributed by atoms with Crippen LogP contribution >= 0.6 is 12.4 Å². The molecular weight excluding hydrogens is 362 g/mol. The number of likely N-dealkylation sites (tertiary alicyclic amines) is 1. The Bertz CT molecular complexity index is 756. The van der Waals surface area contributed by atoms with E-state index in [0.717, 1.165) is 5.56 Å². The molecule has 0 aliphatic carbocycles. The molecule has 2 aromatic carbocycles. The van der Waals surface area contributed by atoms with Gasteiger partial charge >= 0.3 is 0 Å². The number of benzene rings is 2. The van der Waals surface area contributed by atoms with Crippen LogP contribution in [0, 0.1) is 0 Å². The van der Waals surface area contributed by atoms with Crippen molar-refractivity contribution in [3.8, 4) is 5.75 Å². The third-order valence-electron chi connectivity index (χ3n) is 4.22. The molecule has 140 valence electrons. The van der Waals surface area contributed by atoms with Crippen LogP contribution in [0.1, 0.15) is 27.9 Å². The normalized spacial score (nSPS) is 15.4. The maximum Gasteiger partial charge on any atom is 0.267 e. The van der Waals surface area contributed by atoms with Crippen LogP contribution in [0.15, 0.2) is 48.5 Å². The number of ether oxygens (including phenoxy) is 1. The molecule has 26 heavy (non-hydrogen) atoms. The lowest BCUT2D eigenvalue weighted by Crippen LogP contribution is -2.31. The van der Waals surface area contributed by atoms with E-state index in [2.05, 4.69) is 0 Å². The Morgan fingerprint density at radius 2 is 1.92 bits per heavy atom. The minimum atomic E-state index is -2.80. The van der Waals surface area contributed by atoms with Gasteiger partial charge in [0.15, 0.2) is 0 Å². The number of nitrogens with zero attached hydrogens (tertiary/aromatic N) is 1. The minimum absolute atomic E-state index is 0. The maximum atomic E-state index is 13.3. The van der Waals surface area contributed by atoms with Gasteiger partial charge in [-0.05, 0) is 23.8 Å². The summed E-state index contributed by atoms with van der Waals surface area (Å²) in [6.45, 7) is 0.118. The molecule has 4 nitrogen and oxygen atoms in total. The second-order valence-corrected chi connectivity index (χ2v) is 6.13. The number of hydrogen-bond donors (Lipinski definition) is 1. The second kappa shape index (κ2) is 8.47. The van der Waals surface area contributed by atoms with Gasteiger partial charge in [0.2, 0.25) is 0 Å². The average molecular weight is 383 g/mol. The quantitative estimate of drug-likeness (QED) is 0.859. The molecule has 2 aromatic rings. The van der Waals surface area contributed by atoms with Crippen molar-refractivity contribution in [1.82, 2.24) is 4.90 Å². The zero-order chi connectivity index (χ0) is 17.9. The first-order valence-electron chi connectivity index (χ1n) is 8.15. The summed E-state index contributed by atoms with van der Waals surface area (Å²) in [5.74, 6) is -2.61. The number of carbonyl (C=O) groups is 1. The van der Waals surface area contributed by atoms with Gasteiger partial charge in [0.1, 0.15) is 12.4 Å². The van der Waals surface area contributed by atoms with Crippen molar-refractivity contribution in [2.45, 2.75) is 25.5 Å². The molecule has 0 radical (unpaired) electrons. The highest BCUT2D eigenvalue weighted by Crippen LogP contribution is 2.29. The van der Waals surface area contributed by atoms with Gasteiger partial charge in [-0.3, -0.25) is 4.79 Å². The molecular formula is C19H21ClF2N2O2. The largest absolute Gasteiger partial charge is 0.489 e. The summed E-state index contributed by atoms with van der Waals surface area (Å²) in [7, 11) is 0. The number of nitrogens with two attached hydrogens (primary N) is 1. The van der Waals surface area contributed by atoms with E-state index in [1.54, 1.807) is 18.2 Å². The Labute approximate surface area is 157 Å². The molecule has 0 saturated carbocycles. The number of alkyl halides is 2. The van der Waals surface area contributed by atoms with Crippen molar-refractivity contribution in [3.63, 3.8) is 0 Å². The molecule has 1 heterocycles. The second-order valence-electron chi connectivity index (χ2n) is 6.13. The minimum Gasteiger partial charge on any atom is -0.489 e. The average Bonchev–Trinajstić information content (AvgIpc) is 3.00. The molecule has 1 aliphatic heterocycles. The van der Waals surface area contributed by atoms with E-state index in [4.69, 9.17) is 10.5 Å². The molecule has 0 aromatic heterocycles. The van der Waals surface area contributed by atoms with E-state index in [1.165, 1.54) is 4.90 Å². The standard InChI is InChI=1S/C19H20F2N2O2.ClH/c20-19(21)8-9-23(13-19)18(24)15-6-7-17(16(10-15)11-22)25-12-14-4-2-1-3-5-14;/h1-7,10H,8-9,11-13,22H2;1H. The van der Waals surface area contributed by atoms with Gasteiger partial charge in [0.05, 0.1) is 6.54 Å². The van der Waals surface area contributed by atoms with Crippen molar-refractivity contribution in [2.75, 3.05) is 13.1 Å². The molecule has 0 bridgehead atoms. The molecule has 0 unspecified atom stereocenters. The van der Waals surface area contributed by atoms with Gasteiger partial charge in [0.25, 0.3) is 11.8 Å². The SMILES string of the molecule is Cl.NCc1cc(C(=O)N2CCC(F)(F)C2)ccc1OCc1ccccc1. The van der Waals surface area contributed by atoms with Crippen LogP contribution in [0.25, 0.3) is 0 Å². The number of rotatable bonds is 5. The van der Waals surface area contributed by atoms with Crippen LogP contribution < -0.4 is 10.5 Å². The Hall–Kier alpha value is -2.18. The van der Waals surface area contributed by atoms with Gasteiger partial charge in [-0.15, -0.1) is 12.4 Å². The highest BCUT2D eigenvalue weighted by molar-refractivity contribution is 5.94. The molecule has 1 saturated heterocycles. The Morgan fingerprint density at radius 3 is 2.54 bits per heavy atom. The third-order valence-corrected chi connectivity index (χ3v) is 4.22. The third kappa shape index (κ3) is 4.71. The zero-order valence-electron chi connectivity index (χ0n) is 14.2. The lowest BCUT2D eigenvalue weighted by molar-refractivity contribution is 0.0120. The van der Waals surface area contributed by atoms with E-state index in [1.807, 2.05) is 30.3 Å². The summed E-state index contributed by atoms with van der Waals surface area (Å²) >= 11 is 0. The van der Waals surface area contributed by atoms with E-state index in [0.29, 0.717) is 23.5 Å². The Morgan fingerprint density at radius 1 is 1.19 bits per heavy atom. The maximum absolute atomic E-state index is 13.3. The number of amides is 1. The van der Waals surface area contributed by atoms with Crippen LogP contribution in [-0.2, 0) is 13.2 Å². The molecule has 7 heteroatoms. The summed E-state index contributed by atoms with van der Waals surface area (Å²) in [5.41, 5.74) is 7.80. The van der Waals surface area contributed by atoms with E-state index < -0.39 is 18.4 Å². The summed E-state index contributed by atoms with van der Waals surface area (Å²) in [5, 5.41) is 0. The summed E-state index contributed by atoms with van der Waals surface area (Å²) in [6, 6.07) is 14.6. The summed E-state index contributed by atoms with van der Waals surface area (Å²) < 4.78 is 32.4. The summed E-state index contributed by atoms with van der Waals surface area (Å²) in [6.07, 6.45) is -0.291. The molecule has 1 amide bonds. The van der Waals surface area contributed by atoms with Crippen LogP contribution in [0.4, 0.5) is 8.78 Å². The topological polar surface area (TPSA) is 55.6 Å². The highest BCUT2D eigenvalue weighted by atomic mass is 35.5. The van der Waals surface area contributed by atoms with Crippen LogP contribution in [0.3, 0.4) is 0 Å². The zero-order valence-corrected chi connectivity index (χ0v) is 15.0. The van der Waals surface area contributed by atoms with Gasteiger partial charge in [-0.1, -0.05) is 30.3 Å². The van der Waals surface area contributed by atoms with Crippen LogP contribution in [0.5, 0.6) is 5.75 Å². The Kier molecular flexibility index (Phi) is 6.56. The first kappa shape index (κ1) is 20.1. The predicted molar refractivity (Wildman–Crippen MR) is 97.8 cm³/mol. The van der Waals surface area contributed by atoms with Gasteiger partial charge in [-0.2, -0.15) is 0 Å². The van der Waals surface area contributed by atoms with Crippen molar-refractivity contribution in [3.05, 3.63) is 65.2 Å². The van der Waals surface area contributed by atoms with Crippen molar-refractivity contribution >= 4 is 18.3 Å². The first-order chi connectivity index (χ1) is 12.0. The van der Waals surface area contributed by atoms with Gasteiger partial charge in [0, 0.05) is 30.6 Å². The van der Waals surface area contributed by atoms with Crippen LogP contribution in [-0.4, -0.2) is 29.8 Å². The highest BCUT2D eigenvalue weighted by Gasteiger charge is 2.40. The fraction of sp³-hybridized carbons (Fsp3) is 0.316. The van der Waals surface area contributed by atoms with Crippen molar-refractivity contribution in [1.29, 1.82) is 0 Å². The molecule has 0 atom stereocenters. The van der Waals surface area contributed by atoms with E-state index in [9.17, 15) is 13.6 Å². The molecule has 2 N–H and O–H groups in total. The predicted octanol–water partition coefficient (Wildman–Crippen LogP) is 3.63. The van der Waals surface area contributed by atoms with Gasteiger partial charge in [-0.25, -0.2) is 8.78 Å². The lowest BCUT2D eigenvalue weighted by Gasteiger charge is -2.17. The summed E-state index contributed by atoms with van der Waals surface area (Å²) in [4.78, 5) is 13.6.